The highest BCUT2D eigenvalue weighted by Crippen LogP contribution is 2.29. The molecular weight excluding hydrogens is 364 g/mol. The van der Waals surface area contributed by atoms with E-state index < -0.39 is 10.0 Å². The molecule has 0 unspecified atom stereocenters. The Morgan fingerprint density at radius 1 is 1.00 bits per heavy atom. The van der Waals surface area contributed by atoms with Crippen molar-refractivity contribution in [2.75, 3.05) is 44.8 Å². The zero-order valence-corrected chi connectivity index (χ0v) is 16.8. The molecule has 1 fully saturated rings. The van der Waals surface area contributed by atoms with Crippen LogP contribution in [0.1, 0.15) is 12.5 Å². The van der Waals surface area contributed by atoms with E-state index >= 15 is 0 Å². The summed E-state index contributed by atoms with van der Waals surface area (Å²) >= 11 is 0. The fourth-order valence-electron chi connectivity index (χ4n) is 3.23. The number of benzene rings is 2. The number of anilines is 1. The molecule has 0 radical (unpaired) electrons. The van der Waals surface area contributed by atoms with Gasteiger partial charge in [0, 0.05) is 31.9 Å². The van der Waals surface area contributed by atoms with Gasteiger partial charge in [-0.15, -0.1) is 0 Å². The number of sulfonamides is 1. The van der Waals surface area contributed by atoms with Crippen LogP contribution in [0.3, 0.4) is 0 Å². The first-order chi connectivity index (χ1) is 13.0. The van der Waals surface area contributed by atoms with Crippen molar-refractivity contribution in [3.05, 3.63) is 48.0 Å². The number of methoxy groups -OCH3 is 1. The molecule has 6 nitrogen and oxygen atoms in total. The number of hydrogen-bond acceptors (Lipinski definition) is 5. The number of hydrogen-bond donors (Lipinski definition) is 0. The molecule has 0 spiro atoms. The third kappa shape index (κ3) is 4.20. The first kappa shape index (κ1) is 19.5. The van der Waals surface area contributed by atoms with E-state index in [9.17, 15) is 8.42 Å². The predicted molar refractivity (Wildman–Crippen MR) is 106 cm³/mol. The Hall–Kier alpha value is -2.25. The van der Waals surface area contributed by atoms with E-state index in [4.69, 9.17) is 9.47 Å². The molecule has 0 bridgehead atoms. The van der Waals surface area contributed by atoms with Crippen molar-refractivity contribution in [3.8, 4) is 11.5 Å². The number of rotatable bonds is 6. The third-order valence-corrected chi connectivity index (χ3v) is 6.61. The van der Waals surface area contributed by atoms with Gasteiger partial charge in [0.05, 0.1) is 13.7 Å². The van der Waals surface area contributed by atoms with Crippen molar-refractivity contribution in [2.45, 2.75) is 18.7 Å². The molecule has 146 valence electrons. The van der Waals surface area contributed by atoms with Crippen LogP contribution in [0.4, 0.5) is 5.69 Å². The lowest BCUT2D eigenvalue weighted by atomic mass is 10.2. The second kappa shape index (κ2) is 8.19. The highest BCUT2D eigenvalue weighted by molar-refractivity contribution is 7.89. The van der Waals surface area contributed by atoms with Gasteiger partial charge in [-0.3, -0.25) is 0 Å². The summed E-state index contributed by atoms with van der Waals surface area (Å²) in [6.07, 6.45) is 0. The molecular formula is C20H26N2O4S. The van der Waals surface area contributed by atoms with E-state index in [1.165, 1.54) is 11.4 Å². The monoisotopic (exact) mass is 390 g/mol. The quantitative estimate of drug-likeness (QED) is 0.759. The van der Waals surface area contributed by atoms with Crippen LogP contribution in [-0.2, 0) is 10.0 Å². The zero-order chi connectivity index (χ0) is 19.4. The maximum absolute atomic E-state index is 13.1. The van der Waals surface area contributed by atoms with E-state index in [-0.39, 0.29) is 4.90 Å². The molecule has 7 heteroatoms. The summed E-state index contributed by atoms with van der Waals surface area (Å²) in [5, 5.41) is 0. The van der Waals surface area contributed by atoms with Gasteiger partial charge in [0.2, 0.25) is 10.0 Å². The van der Waals surface area contributed by atoms with Crippen LogP contribution in [-0.4, -0.2) is 52.6 Å². The van der Waals surface area contributed by atoms with Crippen molar-refractivity contribution >= 4 is 15.7 Å². The van der Waals surface area contributed by atoms with Gasteiger partial charge in [0.25, 0.3) is 0 Å². The Morgan fingerprint density at radius 3 is 2.26 bits per heavy atom. The van der Waals surface area contributed by atoms with E-state index in [2.05, 4.69) is 4.90 Å². The van der Waals surface area contributed by atoms with Crippen LogP contribution in [0.25, 0.3) is 0 Å². The minimum Gasteiger partial charge on any atom is -0.495 e. The first-order valence-electron chi connectivity index (χ1n) is 9.08. The van der Waals surface area contributed by atoms with E-state index in [1.54, 1.807) is 12.1 Å². The molecule has 27 heavy (non-hydrogen) atoms. The molecule has 2 aromatic carbocycles. The summed E-state index contributed by atoms with van der Waals surface area (Å²) in [5.74, 6) is 1.23. The lowest BCUT2D eigenvalue weighted by Gasteiger charge is -2.35. The average molecular weight is 391 g/mol. The summed E-state index contributed by atoms with van der Waals surface area (Å²) in [7, 11) is -2.09. The van der Waals surface area contributed by atoms with Crippen molar-refractivity contribution in [1.82, 2.24) is 4.31 Å². The van der Waals surface area contributed by atoms with Gasteiger partial charge in [-0.2, -0.15) is 4.31 Å². The normalized spacial score (nSPS) is 15.6. The summed E-state index contributed by atoms with van der Waals surface area (Å²) in [6.45, 7) is 6.62. The Labute approximate surface area is 161 Å². The highest BCUT2D eigenvalue weighted by Gasteiger charge is 2.31. The Bertz CT molecular complexity index is 873. The van der Waals surface area contributed by atoms with Crippen molar-refractivity contribution in [2.24, 2.45) is 0 Å². The SMILES string of the molecule is CCOc1ccc(N2CCN(S(=O)(=O)c3cc(C)ccc3OC)CC2)cc1. The molecule has 1 saturated heterocycles. The Morgan fingerprint density at radius 2 is 1.67 bits per heavy atom. The van der Waals surface area contributed by atoms with Gasteiger partial charge in [0.15, 0.2) is 0 Å². The second-order valence-corrected chi connectivity index (χ2v) is 8.38. The lowest BCUT2D eigenvalue weighted by Crippen LogP contribution is -2.48. The molecule has 0 saturated carbocycles. The first-order valence-corrected chi connectivity index (χ1v) is 10.5. The molecule has 2 aromatic rings. The lowest BCUT2D eigenvalue weighted by molar-refractivity contribution is 0.340. The summed E-state index contributed by atoms with van der Waals surface area (Å²) in [5.41, 5.74) is 1.96. The van der Waals surface area contributed by atoms with Crippen LogP contribution in [0.15, 0.2) is 47.4 Å². The fourth-order valence-corrected chi connectivity index (χ4v) is 4.89. The van der Waals surface area contributed by atoms with E-state index in [1.807, 2.05) is 44.2 Å². The van der Waals surface area contributed by atoms with Crippen LogP contribution in [0.2, 0.25) is 0 Å². The topological polar surface area (TPSA) is 59.1 Å². The maximum Gasteiger partial charge on any atom is 0.246 e. The summed E-state index contributed by atoms with van der Waals surface area (Å²) in [6, 6.07) is 13.1. The van der Waals surface area contributed by atoms with Gasteiger partial charge in [0.1, 0.15) is 16.4 Å². The second-order valence-electron chi connectivity index (χ2n) is 6.47. The maximum atomic E-state index is 13.1. The van der Waals surface area contributed by atoms with Crippen LogP contribution >= 0.6 is 0 Å². The van der Waals surface area contributed by atoms with Gasteiger partial charge in [-0.25, -0.2) is 8.42 Å². The zero-order valence-electron chi connectivity index (χ0n) is 16.0. The molecule has 1 heterocycles. The predicted octanol–water partition coefficient (Wildman–Crippen LogP) is 2.91. The standard InChI is InChI=1S/C20H26N2O4S/c1-4-26-18-8-6-17(7-9-18)21-11-13-22(14-12-21)27(23,24)20-15-16(2)5-10-19(20)25-3/h5-10,15H,4,11-14H2,1-3H3. The fraction of sp³-hybridized carbons (Fsp3) is 0.400. The Kier molecular flexibility index (Phi) is 5.92. The largest absolute Gasteiger partial charge is 0.495 e. The number of piperazine rings is 1. The molecule has 3 rings (SSSR count). The number of ether oxygens (including phenoxy) is 2. The summed E-state index contributed by atoms with van der Waals surface area (Å²) in [4.78, 5) is 2.43. The van der Waals surface area contributed by atoms with Crippen LogP contribution in [0.5, 0.6) is 11.5 Å². The van der Waals surface area contributed by atoms with Gasteiger partial charge < -0.3 is 14.4 Å². The average Bonchev–Trinajstić information content (AvgIpc) is 2.69. The highest BCUT2D eigenvalue weighted by atomic mass is 32.2. The summed E-state index contributed by atoms with van der Waals surface area (Å²) < 4.78 is 38.5. The molecule has 0 N–H and O–H groups in total. The third-order valence-electron chi connectivity index (χ3n) is 4.69. The smallest absolute Gasteiger partial charge is 0.246 e. The molecule has 0 amide bonds. The van der Waals surface area contributed by atoms with E-state index in [0.717, 1.165) is 17.0 Å². The molecule has 0 aromatic heterocycles. The minimum atomic E-state index is -3.59. The van der Waals surface area contributed by atoms with Crippen LogP contribution in [0, 0.1) is 6.92 Å². The Balaban J connectivity index is 1.72. The molecule has 0 aliphatic carbocycles. The van der Waals surface area contributed by atoms with Gasteiger partial charge in [-0.05, 0) is 55.8 Å². The van der Waals surface area contributed by atoms with Crippen molar-refractivity contribution < 1.29 is 17.9 Å². The van der Waals surface area contributed by atoms with Crippen molar-refractivity contribution in [3.63, 3.8) is 0 Å². The molecule has 1 aliphatic heterocycles. The van der Waals surface area contributed by atoms with Gasteiger partial charge >= 0.3 is 0 Å². The molecule has 0 atom stereocenters. The van der Waals surface area contributed by atoms with Gasteiger partial charge in [-0.1, -0.05) is 6.07 Å². The molecule has 1 aliphatic rings. The minimum absolute atomic E-state index is 0.236. The number of nitrogens with zero attached hydrogens (tertiary/aromatic N) is 2. The van der Waals surface area contributed by atoms with Crippen molar-refractivity contribution in [1.29, 1.82) is 0 Å². The van der Waals surface area contributed by atoms with Crippen LogP contribution < -0.4 is 14.4 Å². The number of aryl methyl sites for hydroxylation is 1. The van der Waals surface area contributed by atoms with E-state index in [0.29, 0.717) is 38.5 Å².